The molecule has 0 spiro atoms. The highest BCUT2D eigenvalue weighted by Gasteiger charge is 2.23. The Balaban J connectivity index is 1.61. The molecule has 0 aliphatic carbocycles. The van der Waals surface area contributed by atoms with Crippen LogP contribution in [0.15, 0.2) is 78.9 Å². The first-order valence-corrected chi connectivity index (χ1v) is 12.6. The number of para-hydroxylation sites is 1. The molecule has 1 heterocycles. The molecule has 0 aliphatic heterocycles. The second-order valence-electron chi connectivity index (χ2n) is 9.00. The molecule has 4 aromatic rings. The van der Waals surface area contributed by atoms with E-state index in [-0.39, 0.29) is 18.5 Å². The molecule has 3 amide bonds. The first-order chi connectivity index (χ1) is 18.4. The van der Waals surface area contributed by atoms with Crippen molar-refractivity contribution in [2.75, 3.05) is 30.8 Å². The smallest absolute Gasteiger partial charge is 0.322 e. The minimum absolute atomic E-state index is 0.109. The van der Waals surface area contributed by atoms with Crippen molar-refractivity contribution in [3.63, 3.8) is 0 Å². The number of nitrogens with one attached hydrogen (secondary N) is 2. The molecule has 3 aromatic carbocycles. The van der Waals surface area contributed by atoms with Crippen molar-refractivity contribution in [3.05, 3.63) is 90.1 Å². The van der Waals surface area contributed by atoms with E-state index >= 15 is 0 Å². The van der Waals surface area contributed by atoms with E-state index in [0.29, 0.717) is 30.2 Å². The van der Waals surface area contributed by atoms with Crippen LogP contribution in [-0.2, 0) is 4.79 Å². The lowest BCUT2D eigenvalue weighted by molar-refractivity contribution is -0.116. The fourth-order valence-corrected chi connectivity index (χ4v) is 4.31. The van der Waals surface area contributed by atoms with Gasteiger partial charge in [0.15, 0.2) is 0 Å². The van der Waals surface area contributed by atoms with Gasteiger partial charge in [-0.1, -0.05) is 55.5 Å². The highest BCUT2D eigenvalue weighted by atomic mass is 16.5. The number of benzene rings is 3. The van der Waals surface area contributed by atoms with Crippen LogP contribution in [0.3, 0.4) is 0 Å². The molecule has 0 bridgehead atoms. The number of urea groups is 1. The summed E-state index contributed by atoms with van der Waals surface area (Å²) in [6.45, 7) is 6.22. The summed E-state index contributed by atoms with van der Waals surface area (Å²) >= 11 is 0. The van der Waals surface area contributed by atoms with Gasteiger partial charge in [0.1, 0.15) is 18.1 Å². The number of anilines is 2. The van der Waals surface area contributed by atoms with Gasteiger partial charge in [-0.2, -0.15) is 5.10 Å². The highest BCUT2D eigenvalue weighted by Crippen LogP contribution is 2.34. The molecule has 4 rings (SSSR count). The number of ether oxygens (including phenoxy) is 1. The lowest BCUT2D eigenvalue weighted by atomic mass is 10.1. The zero-order valence-electron chi connectivity index (χ0n) is 22.2. The molecular weight excluding hydrogens is 478 g/mol. The quantitative estimate of drug-likeness (QED) is 0.286. The van der Waals surface area contributed by atoms with Crippen molar-refractivity contribution >= 4 is 23.4 Å². The SMILES string of the molecule is CCCN(CC(=O)Nc1c(-c2ccccc2)c(C)nn1-c1ccccc1C)C(=O)Nc1ccc(OC)cc1. The lowest BCUT2D eigenvalue weighted by Gasteiger charge is -2.22. The number of hydrogen-bond acceptors (Lipinski definition) is 4. The van der Waals surface area contributed by atoms with Gasteiger partial charge in [-0.25, -0.2) is 9.48 Å². The molecular formula is C30H33N5O3. The van der Waals surface area contributed by atoms with Crippen molar-refractivity contribution in [1.29, 1.82) is 0 Å². The maximum Gasteiger partial charge on any atom is 0.322 e. The molecule has 0 saturated carbocycles. The Hall–Kier alpha value is -4.59. The van der Waals surface area contributed by atoms with Crippen LogP contribution in [0, 0.1) is 13.8 Å². The summed E-state index contributed by atoms with van der Waals surface area (Å²) in [6.07, 6.45) is 0.707. The van der Waals surface area contributed by atoms with Crippen LogP contribution in [0.4, 0.5) is 16.3 Å². The van der Waals surface area contributed by atoms with E-state index in [1.54, 1.807) is 36.1 Å². The monoisotopic (exact) mass is 511 g/mol. The topological polar surface area (TPSA) is 88.5 Å². The third kappa shape index (κ3) is 6.03. The first kappa shape index (κ1) is 26.5. The van der Waals surface area contributed by atoms with Crippen LogP contribution in [-0.4, -0.2) is 46.8 Å². The summed E-state index contributed by atoms with van der Waals surface area (Å²) in [6, 6.07) is 24.5. The van der Waals surface area contributed by atoms with E-state index in [4.69, 9.17) is 9.84 Å². The van der Waals surface area contributed by atoms with Crippen molar-refractivity contribution in [2.45, 2.75) is 27.2 Å². The Morgan fingerprint density at radius 2 is 1.61 bits per heavy atom. The number of aryl methyl sites for hydroxylation is 2. The number of nitrogens with zero attached hydrogens (tertiary/aromatic N) is 3. The average molecular weight is 512 g/mol. The van der Waals surface area contributed by atoms with Crippen molar-refractivity contribution in [2.24, 2.45) is 0 Å². The summed E-state index contributed by atoms with van der Waals surface area (Å²) in [7, 11) is 1.59. The average Bonchev–Trinajstić information content (AvgIpc) is 3.24. The van der Waals surface area contributed by atoms with Gasteiger partial charge in [0.2, 0.25) is 5.91 Å². The summed E-state index contributed by atoms with van der Waals surface area (Å²) in [4.78, 5) is 28.0. The van der Waals surface area contributed by atoms with Crippen LogP contribution in [0.1, 0.15) is 24.6 Å². The van der Waals surface area contributed by atoms with E-state index in [2.05, 4.69) is 10.6 Å². The van der Waals surface area contributed by atoms with Crippen molar-refractivity contribution in [3.8, 4) is 22.6 Å². The van der Waals surface area contributed by atoms with E-state index in [9.17, 15) is 9.59 Å². The zero-order chi connectivity index (χ0) is 27.1. The molecule has 0 atom stereocenters. The number of amides is 3. The molecule has 1 aromatic heterocycles. The Bertz CT molecular complexity index is 1400. The van der Waals surface area contributed by atoms with E-state index in [1.807, 2.05) is 75.4 Å². The second kappa shape index (κ2) is 12.1. The Labute approximate surface area is 223 Å². The first-order valence-electron chi connectivity index (χ1n) is 12.6. The predicted octanol–water partition coefficient (Wildman–Crippen LogP) is 6.05. The molecule has 8 heteroatoms. The molecule has 8 nitrogen and oxygen atoms in total. The summed E-state index contributed by atoms with van der Waals surface area (Å²) in [5.74, 6) is 0.956. The minimum Gasteiger partial charge on any atom is -0.497 e. The van der Waals surface area contributed by atoms with Gasteiger partial charge in [0.25, 0.3) is 0 Å². The molecule has 0 fully saturated rings. The van der Waals surface area contributed by atoms with E-state index in [0.717, 1.165) is 28.1 Å². The number of carbonyl (C=O) groups is 2. The fraction of sp³-hybridized carbons (Fsp3) is 0.233. The Kier molecular flexibility index (Phi) is 8.43. The number of carbonyl (C=O) groups excluding carboxylic acids is 2. The third-order valence-electron chi connectivity index (χ3n) is 6.18. The Morgan fingerprint density at radius 3 is 2.26 bits per heavy atom. The fourth-order valence-electron chi connectivity index (χ4n) is 4.31. The summed E-state index contributed by atoms with van der Waals surface area (Å²) in [5, 5.41) is 10.7. The van der Waals surface area contributed by atoms with Gasteiger partial charge < -0.3 is 20.3 Å². The molecule has 38 heavy (non-hydrogen) atoms. The molecule has 2 N–H and O–H groups in total. The van der Waals surface area contributed by atoms with Gasteiger partial charge >= 0.3 is 6.03 Å². The molecule has 0 aliphatic rings. The number of methoxy groups -OCH3 is 1. The lowest BCUT2D eigenvalue weighted by Crippen LogP contribution is -2.41. The Morgan fingerprint density at radius 1 is 0.921 bits per heavy atom. The van der Waals surface area contributed by atoms with Crippen LogP contribution in [0.2, 0.25) is 0 Å². The number of rotatable bonds is 9. The summed E-state index contributed by atoms with van der Waals surface area (Å²) < 4.78 is 6.95. The molecule has 0 unspecified atom stereocenters. The normalized spacial score (nSPS) is 10.6. The van der Waals surface area contributed by atoms with Crippen LogP contribution >= 0.6 is 0 Å². The van der Waals surface area contributed by atoms with Crippen LogP contribution < -0.4 is 15.4 Å². The molecule has 196 valence electrons. The van der Waals surface area contributed by atoms with Gasteiger partial charge in [0.05, 0.1) is 18.5 Å². The third-order valence-corrected chi connectivity index (χ3v) is 6.18. The van der Waals surface area contributed by atoms with Gasteiger partial charge in [-0.15, -0.1) is 0 Å². The molecule has 0 radical (unpaired) electrons. The maximum absolute atomic E-state index is 13.4. The molecule has 0 saturated heterocycles. The van der Waals surface area contributed by atoms with Gasteiger partial charge in [-0.3, -0.25) is 4.79 Å². The van der Waals surface area contributed by atoms with Gasteiger partial charge in [-0.05, 0) is 61.7 Å². The second-order valence-corrected chi connectivity index (χ2v) is 9.00. The highest BCUT2D eigenvalue weighted by molar-refractivity contribution is 5.99. The minimum atomic E-state index is -0.348. The predicted molar refractivity (Wildman–Crippen MR) is 151 cm³/mol. The number of aromatic nitrogens is 2. The van der Waals surface area contributed by atoms with E-state index in [1.165, 1.54) is 4.90 Å². The van der Waals surface area contributed by atoms with Crippen LogP contribution in [0.25, 0.3) is 16.8 Å². The summed E-state index contributed by atoms with van der Waals surface area (Å²) in [5.41, 5.74) is 5.09. The largest absolute Gasteiger partial charge is 0.497 e. The van der Waals surface area contributed by atoms with Crippen molar-refractivity contribution < 1.29 is 14.3 Å². The number of hydrogen-bond donors (Lipinski definition) is 2. The standard InChI is InChI=1S/C30H33N5O3/c1-5-19-34(30(37)31-24-15-17-25(38-4)18-16-24)20-27(36)32-29-28(23-12-7-6-8-13-23)22(3)33-35(29)26-14-10-9-11-21(26)2/h6-18H,5,19-20H2,1-4H3,(H,31,37)(H,32,36). The zero-order valence-corrected chi connectivity index (χ0v) is 22.2. The van der Waals surface area contributed by atoms with Crippen LogP contribution in [0.5, 0.6) is 5.75 Å². The van der Waals surface area contributed by atoms with E-state index < -0.39 is 0 Å². The van der Waals surface area contributed by atoms with Gasteiger partial charge in [0, 0.05) is 17.8 Å². The maximum atomic E-state index is 13.4. The van der Waals surface area contributed by atoms with Crippen molar-refractivity contribution in [1.82, 2.24) is 14.7 Å².